The summed E-state index contributed by atoms with van der Waals surface area (Å²) in [7, 11) is 0. The highest BCUT2D eigenvalue weighted by Gasteiger charge is 2.08. The molecule has 0 saturated heterocycles. The molecule has 0 aromatic carbocycles. The van der Waals surface area contributed by atoms with E-state index in [4.69, 9.17) is 4.52 Å². The Kier molecular flexibility index (Phi) is 2.04. The summed E-state index contributed by atoms with van der Waals surface area (Å²) in [6, 6.07) is 1.98. The van der Waals surface area contributed by atoms with Gasteiger partial charge in [0.1, 0.15) is 5.03 Å². The lowest BCUT2D eigenvalue weighted by Crippen LogP contribution is -1.73. The van der Waals surface area contributed by atoms with Crippen molar-refractivity contribution in [1.82, 2.24) is 5.16 Å². The van der Waals surface area contributed by atoms with Crippen molar-refractivity contribution in [2.45, 2.75) is 11.4 Å². The van der Waals surface area contributed by atoms with Gasteiger partial charge in [-0.15, -0.1) is 11.8 Å². The molecule has 1 aliphatic carbocycles. The van der Waals surface area contributed by atoms with E-state index in [9.17, 15) is 0 Å². The Morgan fingerprint density at radius 1 is 1.58 bits per heavy atom. The standard InChI is InChI=1S/C9H9NOS/c1-12-9-6-8(11-10-9)7-4-2-3-5-7/h2-4,6H,5H2,1H3. The first kappa shape index (κ1) is 7.68. The minimum absolute atomic E-state index is 0.893. The molecule has 0 atom stereocenters. The Morgan fingerprint density at radius 3 is 3.08 bits per heavy atom. The highest BCUT2D eigenvalue weighted by atomic mass is 32.2. The predicted molar refractivity (Wildman–Crippen MR) is 50.0 cm³/mol. The molecule has 0 amide bonds. The Morgan fingerprint density at radius 2 is 2.50 bits per heavy atom. The molecule has 12 heavy (non-hydrogen) atoms. The normalized spacial score (nSPS) is 15.2. The molecule has 62 valence electrons. The Hall–Kier alpha value is -0.960. The van der Waals surface area contributed by atoms with Crippen LogP contribution in [-0.2, 0) is 0 Å². The third kappa shape index (κ3) is 1.32. The van der Waals surface area contributed by atoms with Crippen molar-refractivity contribution in [2.24, 2.45) is 0 Å². The zero-order chi connectivity index (χ0) is 8.39. The van der Waals surface area contributed by atoms with E-state index in [0.717, 1.165) is 17.2 Å². The highest BCUT2D eigenvalue weighted by molar-refractivity contribution is 7.98. The fraction of sp³-hybridized carbons (Fsp3) is 0.222. The summed E-state index contributed by atoms with van der Waals surface area (Å²) in [6.07, 6.45) is 9.16. The molecule has 1 aliphatic rings. The highest BCUT2D eigenvalue weighted by Crippen LogP contribution is 2.25. The monoisotopic (exact) mass is 179 g/mol. The van der Waals surface area contributed by atoms with Gasteiger partial charge < -0.3 is 4.52 Å². The fourth-order valence-electron chi connectivity index (χ4n) is 1.14. The average molecular weight is 179 g/mol. The van der Waals surface area contributed by atoms with Gasteiger partial charge >= 0.3 is 0 Å². The summed E-state index contributed by atoms with van der Waals surface area (Å²) in [5.74, 6) is 0.893. The smallest absolute Gasteiger partial charge is 0.164 e. The second kappa shape index (κ2) is 3.19. The topological polar surface area (TPSA) is 26.0 Å². The van der Waals surface area contributed by atoms with Crippen LogP contribution in [0.3, 0.4) is 0 Å². The third-order valence-electron chi connectivity index (χ3n) is 1.79. The van der Waals surface area contributed by atoms with E-state index in [-0.39, 0.29) is 0 Å². The minimum Gasteiger partial charge on any atom is -0.355 e. The molecule has 3 heteroatoms. The molecule has 0 radical (unpaired) electrons. The summed E-state index contributed by atoms with van der Waals surface area (Å²) < 4.78 is 5.16. The molecule has 0 bridgehead atoms. The van der Waals surface area contributed by atoms with Crippen LogP contribution >= 0.6 is 11.8 Å². The molecule has 2 nitrogen and oxygen atoms in total. The third-order valence-corrected chi connectivity index (χ3v) is 2.40. The maximum absolute atomic E-state index is 5.16. The van der Waals surface area contributed by atoms with Crippen LogP contribution in [0.2, 0.25) is 0 Å². The van der Waals surface area contributed by atoms with E-state index in [0.29, 0.717) is 0 Å². The van der Waals surface area contributed by atoms with Gasteiger partial charge in [0.05, 0.1) is 0 Å². The van der Waals surface area contributed by atoms with Gasteiger partial charge in [-0.05, 0) is 12.7 Å². The fourth-order valence-corrected chi connectivity index (χ4v) is 1.47. The van der Waals surface area contributed by atoms with Crippen molar-refractivity contribution in [2.75, 3.05) is 6.26 Å². The molecule has 0 N–H and O–H groups in total. The molecule has 0 saturated carbocycles. The van der Waals surface area contributed by atoms with Gasteiger partial charge in [0, 0.05) is 11.6 Å². The van der Waals surface area contributed by atoms with E-state index in [2.05, 4.69) is 17.3 Å². The SMILES string of the molecule is CSc1cc(C2=CC=CC2)on1. The minimum atomic E-state index is 0.893. The Bertz CT molecular complexity index is 338. The summed E-state index contributed by atoms with van der Waals surface area (Å²) in [5, 5.41) is 4.84. The van der Waals surface area contributed by atoms with Gasteiger partial charge in [-0.1, -0.05) is 23.4 Å². The van der Waals surface area contributed by atoms with Gasteiger partial charge in [0.25, 0.3) is 0 Å². The largest absolute Gasteiger partial charge is 0.355 e. The first-order valence-corrected chi connectivity index (χ1v) is 4.99. The van der Waals surface area contributed by atoms with Gasteiger partial charge in [-0.25, -0.2) is 0 Å². The Labute approximate surface area is 75.3 Å². The molecule has 0 fully saturated rings. The van der Waals surface area contributed by atoms with Crippen LogP contribution in [0.1, 0.15) is 12.2 Å². The van der Waals surface area contributed by atoms with Crippen molar-refractivity contribution in [1.29, 1.82) is 0 Å². The maximum atomic E-state index is 5.16. The molecule has 0 spiro atoms. The molecule has 1 aromatic rings. The van der Waals surface area contributed by atoms with Gasteiger partial charge in [-0.3, -0.25) is 0 Å². The summed E-state index contributed by atoms with van der Waals surface area (Å²) in [6.45, 7) is 0. The summed E-state index contributed by atoms with van der Waals surface area (Å²) in [5.41, 5.74) is 1.21. The zero-order valence-corrected chi connectivity index (χ0v) is 7.60. The number of aromatic nitrogens is 1. The molecule has 1 heterocycles. The lowest BCUT2D eigenvalue weighted by Gasteiger charge is -1.90. The van der Waals surface area contributed by atoms with Crippen molar-refractivity contribution < 1.29 is 4.52 Å². The van der Waals surface area contributed by atoms with E-state index in [1.807, 2.05) is 18.4 Å². The maximum Gasteiger partial charge on any atom is 0.164 e. The molecule has 2 rings (SSSR count). The van der Waals surface area contributed by atoms with Gasteiger partial charge in [0.2, 0.25) is 0 Å². The number of hydrogen-bond donors (Lipinski definition) is 0. The van der Waals surface area contributed by atoms with Crippen molar-refractivity contribution in [3.05, 3.63) is 30.1 Å². The first-order chi connectivity index (χ1) is 5.90. The van der Waals surface area contributed by atoms with Crippen LogP contribution in [0.4, 0.5) is 0 Å². The number of hydrogen-bond acceptors (Lipinski definition) is 3. The lowest BCUT2D eigenvalue weighted by atomic mass is 10.2. The number of rotatable bonds is 2. The van der Waals surface area contributed by atoms with E-state index >= 15 is 0 Å². The summed E-state index contributed by atoms with van der Waals surface area (Å²) >= 11 is 1.60. The van der Waals surface area contributed by atoms with Crippen LogP contribution in [-0.4, -0.2) is 11.4 Å². The first-order valence-electron chi connectivity index (χ1n) is 3.77. The average Bonchev–Trinajstić information content (AvgIpc) is 2.75. The van der Waals surface area contributed by atoms with Crippen LogP contribution in [0, 0.1) is 0 Å². The molecule has 0 unspecified atom stereocenters. The second-order valence-corrected chi connectivity index (χ2v) is 3.38. The molecular weight excluding hydrogens is 170 g/mol. The second-order valence-electron chi connectivity index (χ2n) is 2.56. The lowest BCUT2D eigenvalue weighted by molar-refractivity contribution is 0.395. The van der Waals surface area contributed by atoms with Crippen LogP contribution in [0.25, 0.3) is 5.57 Å². The number of nitrogens with zero attached hydrogens (tertiary/aromatic N) is 1. The van der Waals surface area contributed by atoms with E-state index < -0.39 is 0 Å². The van der Waals surface area contributed by atoms with Crippen LogP contribution < -0.4 is 0 Å². The number of thioether (sulfide) groups is 1. The predicted octanol–water partition coefficient (Wildman–Crippen LogP) is 2.74. The van der Waals surface area contributed by atoms with Crippen LogP contribution in [0.15, 0.2) is 33.8 Å². The quantitative estimate of drug-likeness (QED) is 0.653. The van der Waals surface area contributed by atoms with E-state index in [1.165, 1.54) is 5.57 Å². The van der Waals surface area contributed by atoms with Crippen LogP contribution in [0.5, 0.6) is 0 Å². The van der Waals surface area contributed by atoms with Crippen molar-refractivity contribution >= 4 is 17.3 Å². The molecule has 0 aliphatic heterocycles. The van der Waals surface area contributed by atoms with Crippen molar-refractivity contribution in [3.8, 4) is 0 Å². The van der Waals surface area contributed by atoms with Gasteiger partial charge in [-0.2, -0.15) is 0 Å². The zero-order valence-electron chi connectivity index (χ0n) is 6.78. The van der Waals surface area contributed by atoms with Crippen molar-refractivity contribution in [3.63, 3.8) is 0 Å². The molecular formula is C9H9NOS. The number of allylic oxidation sites excluding steroid dienone is 4. The Balaban J connectivity index is 2.23. The van der Waals surface area contributed by atoms with Gasteiger partial charge in [0.15, 0.2) is 5.76 Å². The molecule has 1 aromatic heterocycles. The summed E-state index contributed by atoms with van der Waals surface area (Å²) in [4.78, 5) is 0. The van der Waals surface area contributed by atoms with E-state index in [1.54, 1.807) is 11.8 Å².